The molecule has 0 radical (unpaired) electrons. The summed E-state index contributed by atoms with van der Waals surface area (Å²) in [5.74, 6) is -1.45. The van der Waals surface area contributed by atoms with E-state index in [-0.39, 0.29) is 18.9 Å². The molecule has 0 unspecified atom stereocenters. The number of benzene rings is 2. The molecule has 8 heteroatoms. The second kappa shape index (κ2) is 9.42. The molecule has 2 amide bonds. The molecule has 0 fully saturated rings. The number of hydrogen-bond donors (Lipinski definition) is 2. The van der Waals surface area contributed by atoms with E-state index < -0.39 is 18.0 Å². The molecule has 1 heterocycles. The first-order chi connectivity index (χ1) is 14.8. The fourth-order valence-corrected chi connectivity index (χ4v) is 3.32. The number of ether oxygens (including phenoxy) is 1. The van der Waals surface area contributed by atoms with Crippen LogP contribution < -0.4 is 10.6 Å². The first-order valence-electron chi connectivity index (χ1n) is 10.00. The Kier molecular flexibility index (Phi) is 6.69. The Hall–Kier alpha value is -3.68. The van der Waals surface area contributed by atoms with Gasteiger partial charge in [-0.3, -0.25) is 19.1 Å². The van der Waals surface area contributed by atoms with E-state index in [1.165, 1.54) is 6.92 Å². The number of esters is 1. The summed E-state index contributed by atoms with van der Waals surface area (Å²) in [4.78, 5) is 36.7. The molecule has 162 valence electrons. The SMILES string of the molecule is Cc1nn(C)c(C)c1NC(=O)[C@H](C)OC(=O)CNC(=O)Cc1cccc2ccccc12. The van der Waals surface area contributed by atoms with Gasteiger partial charge in [-0.25, -0.2) is 0 Å². The molecule has 0 aliphatic heterocycles. The lowest BCUT2D eigenvalue weighted by Crippen LogP contribution is -2.36. The molecular formula is C23H26N4O4. The molecule has 0 spiro atoms. The summed E-state index contributed by atoms with van der Waals surface area (Å²) in [5, 5.41) is 11.6. The Labute approximate surface area is 180 Å². The summed E-state index contributed by atoms with van der Waals surface area (Å²) < 4.78 is 6.81. The average molecular weight is 422 g/mol. The average Bonchev–Trinajstić information content (AvgIpc) is 2.98. The summed E-state index contributed by atoms with van der Waals surface area (Å²) in [6.45, 7) is 4.78. The van der Waals surface area contributed by atoms with E-state index in [1.807, 2.05) is 49.4 Å². The van der Waals surface area contributed by atoms with Crippen molar-refractivity contribution in [3.63, 3.8) is 0 Å². The van der Waals surface area contributed by atoms with Crippen molar-refractivity contribution in [2.45, 2.75) is 33.3 Å². The van der Waals surface area contributed by atoms with Gasteiger partial charge in [0.2, 0.25) is 5.91 Å². The largest absolute Gasteiger partial charge is 0.451 e. The Bertz CT molecular complexity index is 1130. The third kappa shape index (κ3) is 5.28. The topological polar surface area (TPSA) is 102 Å². The molecule has 31 heavy (non-hydrogen) atoms. The van der Waals surface area contributed by atoms with Crippen LogP contribution in [0, 0.1) is 13.8 Å². The number of aryl methyl sites for hydroxylation is 2. The molecule has 0 saturated carbocycles. The molecule has 2 aromatic carbocycles. The van der Waals surface area contributed by atoms with Crippen molar-refractivity contribution < 1.29 is 19.1 Å². The Morgan fingerprint density at radius 2 is 1.81 bits per heavy atom. The second-order valence-electron chi connectivity index (χ2n) is 7.38. The summed E-state index contributed by atoms with van der Waals surface area (Å²) in [6.07, 6.45) is -0.869. The number of aromatic nitrogens is 2. The zero-order chi connectivity index (χ0) is 22.5. The zero-order valence-corrected chi connectivity index (χ0v) is 18.1. The molecule has 1 aromatic heterocycles. The standard InChI is InChI=1S/C23H26N4O4/c1-14-22(15(2)27(4)26-14)25-23(30)16(3)31-21(29)13-24-20(28)12-18-10-7-9-17-8-5-6-11-19(17)18/h5-11,16H,12-13H2,1-4H3,(H,24,28)(H,25,30)/t16-/m0/s1. The van der Waals surface area contributed by atoms with E-state index in [2.05, 4.69) is 15.7 Å². The smallest absolute Gasteiger partial charge is 0.326 e. The second-order valence-corrected chi connectivity index (χ2v) is 7.38. The van der Waals surface area contributed by atoms with Crippen LogP contribution in [0.25, 0.3) is 10.8 Å². The van der Waals surface area contributed by atoms with Crippen LogP contribution in [0.5, 0.6) is 0 Å². The van der Waals surface area contributed by atoms with Crippen LogP contribution in [-0.4, -0.2) is 40.2 Å². The summed E-state index contributed by atoms with van der Waals surface area (Å²) in [5.41, 5.74) is 2.94. The lowest BCUT2D eigenvalue weighted by Gasteiger charge is -2.14. The summed E-state index contributed by atoms with van der Waals surface area (Å²) in [7, 11) is 1.78. The third-order valence-electron chi connectivity index (χ3n) is 5.10. The maximum Gasteiger partial charge on any atom is 0.326 e. The van der Waals surface area contributed by atoms with Gasteiger partial charge in [0.05, 0.1) is 23.5 Å². The van der Waals surface area contributed by atoms with Crippen LogP contribution in [0.3, 0.4) is 0 Å². The predicted molar refractivity (Wildman–Crippen MR) is 118 cm³/mol. The number of fused-ring (bicyclic) bond motifs is 1. The first kappa shape index (κ1) is 22.0. The minimum atomic E-state index is -1.01. The van der Waals surface area contributed by atoms with Gasteiger partial charge in [-0.15, -0.1) is 0 Å². The monoisotopic (exact) mass is 422 g/mol. The van der Waals surface area contributed by atoms with Crippen LogP contribution in [0.1, 0.15) is 23.9 Å². The highest BCUT2D eigenvalue weighted by molar-refractivity contribution is 5.96. The number of nitrogens with one attached hydrogen (secondary N) is 2. The quantitative estimate of drug-likeness (QED) is 0.570. The minimum Gasteiger partial charge on any atom is -0.451 e. The maximum atomic E-state index is 12.4. The molecule has 3 aromatic rings. The molecule has 1 atom stereocenters. The van der Waals surface area contributed by atoms with Crippen LogP contribution >= 0.6 is 0 Å². The van der Waals surface area contributed by atoms with E-state index in [1.54, 1.807) is 18.7 Å². The van der Waals surface area contributed by atoms with E-state index in [9.17, 15) is 14.4 Å². The fraction of sp³-hybridized carbons (Fsp3) is 0.304. The van der Waals surface area contributed by atoms with Crippen molar-refractivity contribution >= 4 is 34.2 Å². The van der Waals surface area contributed by atoms with Crippen molar-refractivity contribution in [2.75, 3.05) is 11.9 Å². The molecule has 0 bridgehead atoms. The van der Waals surface area contributed by atoms with Crippen molar-refractivity contribution in [3.8, 4) is 0 Å². The summed E-state index contributed by atoms with van der Waals surface area (Å²) in [6, 6.07) is 13.6. The van der Waals surface area contributed by atoms with Gasteiger partial charge in [-0.05, 0) is 37.1 Å². The van der Waals surface area contributed by atoms with E-state index >= 15 is 0 Å². The Morgan fingerprint density at radius 3 is 2.52 bits per heavy atom. The van der Waals surface area contributed by atoms with Crippen molar-refractivity contribution in [3.05, 3.63) is 59.4 Å². The van der Waals surface area contributed by atoms with E-state index in [0.717, 1.165) is 22.0 Å². The van der Waals surface area contributed by atoms with Gasteiger partial charge in [0.1, 0.15) is 6.54 Å². The minimum absolute atomic E-state index is 0.143. The highest BCUT2D eigenvalue weighted by Gasteiger charge is 2.21. The lowest BCUT2D eigenvalue weighted by molar-refractivity contribution is -0.152. The van der Waals surface area contributed by atoms with Crippen LogP contribution in [0.15, 0.2) is 42.5 Å². The molecule has 3 rings (SSSR count). The predicted octanol–water partition coefficient (Wildman–Crippen LogP) is 2.42. The fourth-order valence-electron chi connectivity index (χ4n) is 3.32. The highest BCUT2D eigenvalue weighted by atomic mass is 16.5. The van der Waals surface area contributed by atoms with Gasteiger partial charge in [-0.1, -0.05) is 42.5 Å². The van der Waals surface area contributed by atoms with Crippen molar-refractivity contribution in [2.24, 2.45) is 7.05 Å². The van der Waals surface area contributed by atoms with Crippen LogP contribution in [-0.2, 0) is 32.6 Å². The molecule has 2 N–H and O–H groups in total. The third-order valence-corrected chi connectivity index (χ3v) is 5.10. The number of amides is 2. The molecule has 0 aliphatic rings. The van der Waals surface area contributed by atoms with Gasteiger partial charge in [0.15, 0.2) is 6.10 Å². The van der Waals surface area contributed by atoms with E-state index in [0.29, 0.717) is 11.4 Å². The first-order valence-corrected chi connectivity index (χ1v) is 10.00. The summed E-state index contributed by atoms with van der Waals surface area (Å²) >= 11 is 0. The number of anilines is 1. The number of hydrogen-bond acceptors (Lipinski definition) is 5. The van der Waals surface area contributed by atoms with Gasteiger partial charge in [0, 0.05) is 7.05 Å². The van der Waals surface area contributed by atoms with Gasteiger partial charge < -0.3 is 15.4 Å². The zero-order valence-electron chi connectivity index (χ0n) is 18.1. The normalized spacial score (nSPS) is 11.7. The lowest BCUT2D eigenvalue weighted by atomic mass is 10.0. The van der Waals surface area contributed by atoms with Gasteiger partial charge in [0.25, 0.3) is 5.91 Å². The highest BCUT2D eigenvalue weighted by Crippen LogP contribution is 2.19. The van der Waals surface area contributed by atoms with Crippen LogP contribution in [0.2, 0.25) is 0 Å². The van der Waals surface area contributed by atoms with Crippen molar-refractivity contribution in [1.29, 1.82) is 0 Å². The number of nitrogens with zero attached hydrogens (tertiary/aromatic N) is 2. The molecule has 0 saturated heterocycles. The number of carbonyl (C=O) groups is 3. The van der Waals surface area contributed by atoms with Crippen molar-refractivity contribution in [1.82, 2.24) is 15.1 Å². The number of rotatable bonds is 7. The Balaban J connectivity index is 1.50. The Morgan fingerprint density at radius 1 is 1.10 bits per heavy atom. The molecule has 8 nitrogen and oxygen atoms in total. The van der Waals surface area contributed by atoms with E-state index in [4.69, 9.17) is 4.74 Å². The van der Waals surface area contributed by atoms with Gasteiger partial charge >= 0.3 is 5.97 Å². The molecule has 0 aliphatic carbocycles. The van der Waals surface area contributed by atoms with Crippen LogP contribution in [0.4, 0.5) is 5.69 Å². The molecular weight excluding hydrogens is 396 g/mol. The maximum absolute atomic E-state index is 12.4. The number of carbonyl (C=O) groups excluding carboxylic acids is 3. The van der Waals surface area contributed by atoms with Gasteiger partial charge in [-0.2, -0.15) is 5.10 Å².